The zero-order chi connectivity index (χ0) is 12.8. The summed E-state index contributed by atoms with van der Waals surface area (Å²) in [6, 6.07) is 2.25. The third-order valence-corrected chi connectivity index (χ3v) is 3.58. The number of carboxylic acid groups (broad SMARTS) is 1. The highest BCUT2D eigenvalue weighted by Gasteiger charge is 2.45. The fourth-order valence-electron chi connectivity index (χ4n) is 1.54. The van der Waals surface area contributed by atoms with Crippen LogP contribution in [-0.4, -0.2) is 17.3 Å². The van der Waals surface area contributed by atoms with Gasteiger partial charge in [0.2, 0.25) is 0 Å². The number of hydrogen-bond donors (Lipinski definition) is 1. The number of fused-ring (bicyclic) bond motifs is 1. The Morgan fingerprint density at radius 2 is 2.12 bits per heavy atom. The summed E-state index contributed by atoms with van der Waals surface area (Å²) < 4.78 is 11.6. The predicted molar refractivity (Wildman–Crippen MR) is 64.1 cm³/mol. The topological polar surface area (TPSA) is 49.7 Å². The van der Waals surface area contributed by atoms with Crippen LogP contribution in [0.15, 0.2) is 17.1 Å². The molecule has 1 aromatic rings. The number of aliphatic carboxylic acids is 1. The van der Waals surface area contributed by atoms with Crippen LogP contribution in [0.5, 0.6) is 0 Å². The zero-order valence-electron chi connectivity index (χ0n) is 8.12. The Bertz CT molecular complexity index is 531. The van der Waals surface area contributed by atoms with E-state index >= 15 is 0 Å². The van der Waals surface area contributed by atoms with E-state index < -0.39 is 22.0 Å². The van der Waals surface area contributed by atoms with Crippen molar-refractivity contribution < 1.29 is 14.3 Å². The SMILES string of the molecule is O=C(O)C1C=Nc2cc(Cl)c(F)cc2C1(Cl)Cl. The van der Waals surface area contributed by atoms with E-state index in [0.717, 1.165) is 12.3 Å². The predicted octanol–water partition coefficient (Wildman–Crippen LogP) is 3.53. The third-order valence-electron chi connectivity index (χ3n) is 2.42. The lowest BCUT2D eigenvalue weighted by Crippen LogP contribution is -2.34. The summed E-state index contributed by atoms with van der Waals surface area (Å²) in [6.45, 7) is 0. The van der Waals surface area contributed by atoms with Gasteiger partial charge >= 0.3 is 5.97 Å². The monoisotopic (exact) mass is 295 g/mol. The second-order valence-electron chi connectivity index (χ2n) is 3.50. The molecule has 1 aliphatic rings. The van der Waals surface area contributed by atoms with Crippen LogP contribution in [-0.2, 0) is 9.13 Å². The number of halogens is 4. The van der Waals surface area contributed by atoms with Gasteiger partial charge in [-0.1, -0.05) is 34.8 Å². The van der Waals surface area contributed by atoms with Crippen LogP contribution in [0, 0.1) is 11.7 Å². The van der Waals surface area contributed by atoms with Crippen molar-refractivity contribution in [3.05, 3.63) is 28.5 Å². The van der Waals surface area contributed by atoms with Crippen molar-refractivity contribution in [3.63, 3.8) is 0 Å². The second-order valence-corrected chi connectivity index (χ2v) is 5.29. The van der Waals surface area contributed by atoms with E-state index in [1.54, 1.807) is 0 Å². The number of benzene rings is 1. The van der Waals surface area contributed by atoms with Gasteiger partial charge < -0.3 is 5.11 Å². The zero-order valence-corrected chi connectivity index (χ0v) is 10.4. The smallest absolute Gasteiger partial charge is 0.315 e. The molecule has 1 aliphatic heterocycles. The molecule has 0 aromatic heterocycles. The third kappa shape index (κ3) is 2.01. The van der Waals surface area contributed by atoms with Gasteiger partial charge in [0.05, 0.1) is 10.7 Å². The first-order chi connectivity index (χ1) is 7.84. The minimum atomic E-state index is -1.77. The van der Waals surface area contributed by atoms with Crippen LogP contribution < -0.4 is 0 Å². The minimum absolute atomic E-state index is 0.0950. The lowest BCUT2D eigenvalue weighted by molar-refractivity contribution is -0.139. The molecule has 1 heterocycles. The molecule has 90 valence electrons. The molecule has 0 fully saturated rings. The Morgan fingerprint density at radius 3 is 2.71 bits per heavy atom. The van der Waals surface area contributed by atoms with Gasteiger partial charge in [-0.25, -0.2) is 4.39 Å². The van der Waals surface area contributed by atoms with E-state index in [1.165, 1.54) is 6.07 Å². The second kappa shape index (κ2) is 4.12. The fourth-order valence-corrected chi connectivity index (χ4v) is 2.30. The summed E-state index contributed by atoms with van der Waals surface area (Å²) in [6.07, 6.45) is 1.11. The molecule has 0 spiro atoms. The van der Waals surface area contributed by atoms with Gasteiger partial charge in [0.1, 0.15) is 11.7 Å². The Labute approximate surface area is 111 Å². The highest BCUT2D eigenvalue weighted by molar-refractivity contribution is 6.50. The van der Waals surface area contributed by atoms with E-state index in [1.807, 2.05) is 0 Å². The maximum absolute atomic E-state index is 13.3. The van der Waals surface area contributed by atoms with Gasteiger partial charge in [-0.15, -0.1) is 0 Å². The average Bonchev–Trinajstić information content (AvgIpc) is 2.20. The van der Waals surface area contributed by atoms with Crippen molar-refractivity contribution >= 4 is 52.7 Å². The first-order valence-electron chi connectivity index (χ1n) is 4.48. The molecule has 0 amide bonds. The molecular weight excluding hydrogens is 291 g/mol. The summed E-state index contributed by atoms with van der Waals surface area (Å²) in [5, 5.41) is 8.82. The Balaban J connectivity index is 2.63. The van der Waals surface area contributed by atoms with Crippen LogP contribution in [0.25, 0.3) is 0 Å². The first kappa shape index (κ1) is 12.6. The molecule has 7 heteroatoms. The largest absolute Gasteiger partial charge is 0.481 e. The molecule has 3 nitrogen and oxygen atoms in total. The normalized spacial score (nSPS) is 21.1. The van der Waals surface area contributed by atoms with Crippen molar-refractivity contribution in [2.45, 2.75) is 4.33 Å². The number of rotatable bonds is 1. The van der Waals surface area contributed by atoms with Crippen LogP contribution in [0.1, 0.15) is 5.56 Å². The summed E-state index contributed by atoms with van der Waals surface area (Å²) in [4.78, 5) is 14.8. The molecule has 0 radical (unpaired) electrons. The van der Waals surface area contributed by atoms with Gasteiger partial charge in [-0.3, -0.25) is 9.79 Å². The van der Waals surface area contributed by atoms with Gasteiger partial charge in [-0.05, 0) is 12.1 Å². The molecular formula is C10H5Cl3FNO2. The Kier molecular flexibility index (Phi) is 3.06. The summed E-state index contributed by atoms with van der Waals surface area (Å²) in [7, 11) is 0. The Hall–Kier alpha value is -0.840. The molecule has 1 aromatic carbocycles. The number of nitrogens with zero attached hydrogens (tertiary/aromatic N) is 1. The first-order valence-corrected chi connectivity index (χ1v) is 5.61. The van der Waals surface area contributed by atoms with E-state index in [-0.39, 0.29) is 16.3 Å². The summed E-state index contributed by atoms with van der Waals surface area (Å²) in [5.41, 5.74) is 0.358. The van der Waals surface area contributed by atoms with Gasteiger partial charge in [-0.2, -0.15) is 0 Å². The summed E-state index contributed by atoms with van der Waals surface area (Å²) >= 11 is 17.5. The molecule has 0 saturated carbocycles. The van der Waals surface area contributed by atoms with E-state index in [2.05, 4.69) is 4.99 Å². The maximum Gasteiger partial charge on any atom is 0.315 e. The highest BCUT2D eigenvalue weighted by Crippen LogP contribution is 2.48. The minimum Gasteiger partial charge on any atom is -0.481 e. The number of carboxylic acids is 1. The van der Waals surface area contributed by atoms with Crippen molar-refractivity contribution in [1.82, 2.24) is 0 Å². The maximum atomic E-state index is 13.3. The van der Waals surface area contributed by atoms with Crippen LogP contribution in [0.4, 0.5) is 10.1 Å². The molecule has 2 rings (SSSR count). The lowest BCUT2D eigenvalue weighted by atomic mass is 9.95. The number of aliphatic imine (C=N–C) groups is 1. The fraction of sp³-hybridized carbons (Fsp3) is 0.200. The van der Waals surface area contributed by atoms with E-state index in [0.29, 0.717) is 0 Å². The quantitative estimate of drug-likeness (QED) is 0.806. The van der Waals surface area contributed by atoms with Crippen molar-refractivity contribution in [3.8, 4) is 0 Å². The van der Waals surface area contributed by atoms with E-state index in [9.17, 15) is 9.18 Å². The van der Waals surface area contributed by atoms with E-state index in [4.69, 9.17) is 39.9 Å². The number of hydrogen-bond acceptors (Lipinski definition) is 2. The number of carbonyl (C=O) groups is 1. The van der Waals surface area contributed by atoms with Crippen LogP contribution in [0.3, 0.4) is 0 Å². The molecule has 1 N–H and O–H groups in total. The van der Waals surface area contributed by atoms with Crippen molar-refractivity contribution in [2.24, 2.45) is 10.9 Å². The van der Waals surface area contributed by atoms with Crippen LogP contribution in [0.2, 0.25) is 5.02 Å². The highest BCUT2D eigenvalue weighted by atomic mass is 35.5. The molecule has 17 heavy (non-hydrogen) atoms. The molecule has 0 bridgehead atoms. The van der Waals surface area contributed by atoms with Gasteiger partial charge in [0.15, 0.2) is 4.33 Å². The van der Waals surface area contributed by atoms with Crippen molar-refractivity contribution in [1.29, 1.82) is 0 Å². The average molecular weight is 297 g/mol. The number of alkyl halides is 2. The lowest BCUT2D eigenvalue weighted by Gasteiger charge is -2.29. The molecule has 1 atom stereocenters. The van der Waals surface area contributed by atoms with Crippen molar-refractivity contribution in [2.75, 3.05) is 0 Å². The molecule has 1 unspecified atom stereocenters. The standard InChI is InChI=1S/C10H5Cl3FNO2/c11-6-2-8-4(1-7(6)14)10(12,13)5(3-15-8)9(16)17/h1-3,5H,(H,16,17). The van der Waals surface area contributed by atoms with Gasteiger partial charge in [0.25, 0.3) is 0 Å². The summed E-state index contributed by atoms with van der Waals surface area (Å²) in [5.74, 6) is -3.20. The molecule has 0 saturated heterocycles. The molecule has 0 aliphatic carbocycles. The van der Waals surface area contributed by atoms with Crippen LogP contribution >= 0.6 is 34.8 Å². The Morgan fingerprint density at radius 1 is 1.47 bits per heavy atom. The van der Waals surface area contributed by atoms with Gasteiger partial charge in [0, 0.05) is 11.8 Å².